The number of carbonyl (C=O) groups excluding carboxylic acids is 1. The Morgan fingerprint density at radius 1 is 1.37 bits per heavy atom. The van der Waals surface area contributed by atoms with Crippen LogP contribution in [0.25, 0.3) is 10.1 Å². The summed E-state index contributed by atoms with van der Waals surface area (Å²) in [4.78, 5) is 14.4. The molecule has 0 aliphatic carbocycles. The normalized spacial score (nSPS) is 12.6. The standard InChI is InChI=1S/C15H20N2OS/c1-11(16-9-8-15(18)17(2)3)14-10-12-6-4-5-7-13(12)19-14/h4-7,10-11,16H,8-9H2,1-3H3. The highest BCUT2D eigenvalue weighted by atomic mass is 32.1. The molecule has 0 bridgehead atoms. The highest BCUT2D eigenvalue weighted by Gasteiger charge is 2.10. The van der Waals surface area contributed by atoms with Crippen molar-refractivity contribution in [1.82, 2.24) is 10.2 Å². The molecule has 0 aliphatic heterocycles. The smallest absolute Gasteiger partial charge is 0.223 e. The number of thiophene rings is 1. The van der Waals surface area contributed by atoms with E-state index in [-0.39, 0.29) is 11.9 Å². The number of nitrogens with one attached hydrogen (secondary N) is 1. The van der Waals surface area contributed by atoms with Crippen molar-refractivity contribution in [1.29, 1.82) is 0 Å². The van der Waals surface area contributed by atoms with Crippen molar-refractivity contribution in [3.05, 3.63) is 35.2 Å². The van der Waals surface area contributed by atoms with Crippen molar-refractivity contribution in [2.45, 2.75) is 19.4 Å². The van der Waals surface area contributed by atoms with E-state index in [1.54, 1.807) is 19.0 Å². The molecule has 1 atom stereocenters. The van der Waals surface area contributed by atoms with Crippen LogP contribution in [-0.2, 0) is 4.79 Å². The molecule has 2 rings (SSSR count). The first-order valence-electron chi connectivity index (χ1n) is 6.50. The second-order valence-electron chi connectivity index (χ2n) is 4.90. The van der Waals surface area contributed by atoms with Gasteiger partial charge in [0.1, 0.15) is 0 Å². The fourth-order valence-electron chi connectivity index (χ4n) is 1.94. The second-order valence-corrected chi connectivity index (χ2v) is 6.02. The summed E-state index contributed by atoms with van der Waals surface area (Å²) < 4.78 is 1.32. The fourth-order valence-corrected chi connectivity index (χ4v) is 3.03. The summed E-state index contributed by atoms with van der Waals surface area (Å²) in [5, 5.41) is 4.70. The summed E-state index contributed by atoms with van der Waals surface area (Å²) >= 11 is 1.81. The summed E-state index contributed by atoms with van der Waals surface area (Å²) in [6, 6.07) is 10.9. The topological polar surface area (TPSA) is 32.3 Å². The van der Waals surface area contributed by atoms with Crippen LogP contribution in [0.2, 0.25) is 0 Å². The van der Waals surface area contributed by atoms with Gasteiger partial charge in [-0.3, -0.25) is 4.79 Å². The highest BCUT2D eigenvalue weighted by Crippen LogP contribution is 2.29. The SMILES string of the molecule is CC(NCCC(=O)N(C)C)c1cc2ccccc2s1. The summed E-state index contributed by atoms with van der Waals surface area (Å²) in [5.74, 6) is 0.163. The zero-order valence-electron chi connectivity index (χ0n) is 11.6. The van der Waals surface area contributed by atoms with Crippen LogP contribution in [0.5, 0.6) is 0 Å². The van der Waals surface area contributed by atoms with Crippen LogP contribution < -0.4 is 5.32 Å². The van der Waals surface area contributed by atoms with Gasteiger partial charge < -0.3 is 10.2 Å². The van der Waals surface area contributed by atoms with Gasteiger partial charge in [0.25, 0.3) is 0 Å². The van der Waals surface area contributed by atoms with Gasteiger partial charge in [-0.15, -0.1) is 11.3 Å². The zero-order valence-corrected chi connectivity index (χ0v) is 12.5. The molecule has 1 heterocycles. The third kappa shape index (κ3) is 3.55. The van der Waals surface area contributed by atoms with E-state index in [0.717, 1.165) is 0 Å². The molecule has 2 aromatic rings. The van der Waals surface area contributed by atoms with E-state index in [0.29, 0.717) is 13.0 Å². The first-order chi connectivity index (χ1) is 9.08. The van der Waals surface area contributed by atoms with E-state index in [4.69, 9.17) is 0 Å². The fraction of sp³-hybridized carbons (Fsp3) is 0.400. The number of fused-ring (bicyclic) bond motifs is 1. The molecule has 1 unspecified atom stereocenters. The van der Waals surface area contributed by atoms with Crippen LogP contribution >= 0.6 is 11.3 Å². The van der Waals surface area contributed by atoms with Crippen LogP contribution in [0.4, 0.5) is 0 Å². The number of benzene rings is 1. The van der Waals surface area contributed by atoms with Crippen LogP contribution in [0.15, 0.2) is 30.3 Å². The van der Waals surface area contributed by atoms with E-state index >= 15 is 0 Å². The zero-order chi connectivity index (χ0) is 13.8. The van der Waals surface area contributed by atoms with Crippen molar-refractivity contribution in [3.8, 4) is 0 Å². The third-order valence-corrected chi connectivity index (χ3v) is 4.46. The van der Waals surface area contributed by atoms with Crippen LogP contribution in [0.3, 0.4) is 0 Å². The Morgan fingerprint density at radius 3 is 2.79 bits per heavy atom. The highest BCUT2D eigenvalue weighted by molar-refractivity contribution is 7.19. The average molecular weight is 276 g/mol. The molecule has 0 fully saturated rings. The number of amides is 1. The quantitative estimate of drug-likeness (QED) is 0.910. The minimum atomic E-state index is 0.163. The Bertz CT molecular complexity index is 529. The molecule has 4 heteroatoms. The monoisotopic (exact) mass is 276 g/mol. The molecule has 0 aliphatic rings. The van der Waals surface area contributed by atoms with Crippen molar-refractivity contribution in [2.24, 2.45) is 0 Å². The van der Waals surface area contributed by atoms with E-state index in [2.05, 4.69) is 42.6 Å². The maximum Gasteiger partial charge on any atom is 0.223 e. The van der Waals surface area contributed by atoms with Gasteiger partial charge in [0, 0.05) is 42.7 Å². The van der Waals surface area contributed by atoms with Crippen molar-refractivity contribution >= 4 is 27.3 Å². The lowest BCUT2D eigenvalue weighted by molar-refractivity contribution is -0.128. The predicted molar refractivity (Wildman–Crippen MR) is 81.6 cm³/mol. The summed E-state index contributed by atoms with van der Waals surface area (Å²) in [7, 11) is 3.58. The average Bonchev–Trinajstić information content (AvgIpc) is 2.82. The Morgan fingerprint density at radius 2 is 2.11 bits per heavy atom. The molecule has 1 amide bonds. The Hall–Kier alpha value is -1.39. The van der Waals surface area contributed by atoms with E-state index < -0.39 is 0 Å². The van der Waals surface area contributed by atoms with Gasteiger partial charge in [-0.25, -0.2) is 0 Å². The molecule has 102 valence electrons. The minimum absolute atomic E-state index is 0.163. The summed E-state index contributed by atoms with van der Waals surface area (Å²) in [6.07, 6.45) is 0.544. The van der Waals surface area contributed by atoms with Gasteiger partial charge in [-0.05, 0) is 24.4 Å². The first-order valence-corrected chi connectivity index (χ1v) is 7.31. The lowest BCUT2D eigenvalue weighted by atomic mass is 10.2. The molecule has 19 heavy (non-hydrogen) atoms. The maximum atomic E-state index is 11.5. The number of rotatable bonds is 5. The van der Waals surface area contributed by atoms with Gasteiger partial charge in [-0.2, -0.15) is 0 Å². The molecular weight excluding hydrogens is 256 g/mol. The van der Waals surface area contributed by atoms with Gasteiger partial charge >= 0.3 is 0 Å². The first kappa shape index (κ1) is 14.0. The summed E-state index contributed by atoms with van der Waals surface area (Å²) in [6.45, 7) is 2.86. The lowest BCUT2D eigenvalue weighted by Crippen LogP contribution is -2.27. The largest absolute Gasteiger partial charge is 0.349 e. The van der Waals surface area contributed by atoms with Crippen molar-refractivity contribution in [3.63, 3.8) is 0 Å². The molecule has 1 aromatic carbocycles. The van der Waals surface area contributed by atoms with E-state index in [1.807, 2.05) is 11.3 Å². The Balaban J connectivity index is 1.92. The molecule has 0 saturated heterocycles. The van der Waals surface area contributed by atoms with Gasteiger partial charge in [0.05, 0.1) is 0 Å². The second kappa shape index (κ2) is 6.17. The molecule has 1 N–H and O–H groups in total. The number of hydrogen-bond acceptors (Lipinski definition) is 3. The Kier molecular flexibility index (Phi) is 4.56. The molecule has 0 spiro atoms. The molecule has 0 radical (unpaired) electrons. The predicted octanol–water partition coefficient (Wildman–Crippen LogP) is 3.03. The van der Waals surface area contributed by atoms with Gasteiger partial charge in [-0.1, -0.05) is 18.2 Å². The van der Waals surface area contributed by atoms with Crippen molar-refractivity contribution in [2.75, 3.05) is 20.6 Å². The van der Waals surface area contributed by atoms with Gasteiger partial charge in [0.2, 0.25) is 5.91 Å². The number of nitrogens with zero attached hydrogens (tertiary/aromatic N) is 1. The van der Waals surface area contributed by atoms with Crippen LogP contribution in [-0.4, -0.2) is 31.4 Å². The summed E-state index contributed by atoms with van der Waals surface area (Å²) in [5.41, 5.74) is 0. The third-order valence-electron chi connectivity index (χ3n) is 3.16. The molecule has 0 saturated carbocycles. The van der Waals surface area contributed by atoms with Gasteiger partial charge in [0.15, 0.2) is 0 Å². The van der Waals surface area contributed by atoms with Crippen LogP contribution in [0, 0.1) is 0 Å². The van der Waals surface area contributed by atoms with E-state index in [1.165, 1.54) is 15.0 Å². The Labute approximate surface area is 118 Å². The molecular formula is C15H20N2OS. The molecule has 3 nitrogen and oxygen atoms in total. The van der Waals surface area contributed by atoms with Crippen LogP contribution in [0.1, 0.15) is 24.3 Å². The number of hydrogen-bond donors (Lipinski definition) is 1. The van der Waals surface area contributed by atoms with E-state index in [9.17, 15) is 4.79 Å². The molecule has 1 aromatic heterocycles. The maximum absolute atomic E-state index is 11.5. The number of carbonyl (C=O) groups is 1. The lowest BCUT2D eigenvalue weighted by Gasteiger charge is -2.14. The van der Waals surface area contributed by atoms with Crippen molar-refractivity contribution < 1.29 is 4.79 Å². The minimum Gasteiger partial charge on any atom is -0.349 e.